The van der Waals surface area contributed by atoms with Crippen molar-refractivity contribution in [3.63, 3.8) is 0 Å². The minimum Gasteiger partial charge on any atom is -0.377 e. The Bertz CT molecular complexity index is 635. The summed E-state index contributed by atoms with van der Waals surface area (Å²) in [4.78, 5) is 6.65. The fourth-order valence-electron chi connectivity index (χ4n) is 2.74. The molecule has 1 aliphatic heterocycles. The molecule has 3 rings (SSSR count). The van der Waals surface area contributed by atoms with Crippen LogP contribution in [0.4, 0.5) is 0 Å². The molecule has 1 unspecified atom stereocenters. The third-order valence-electron chi connectivity index (χ3n) is 3.99. The highest BCUT2D eigenvalue weighted by Crippen LogP contribution is 2.25. The lowest BCUT2D eigenvalue weighted by Gasteiger charge is -2.31. The summed E-state index contributed by atoms with van der Waals surface area (Å²) >= 11 is 0. The molecule has 0 saturated heterocycles. The molecule has 8 nitrogen and oxygen atoms in total. The molecule has 1 aliphatic rings. The average Bonchev–Trinajstić information content (AvgIpc) is 3.12. The van der Waals surface area contributed by atoms with Crippen molar-refractivity contribution in [2.45, 2.75) is 52.4 Å². The van der Waals surface area contributed by atoms with E-state index in [2.05, 4.69) is 50.6 Å². The highest BCUT2D eigenvalue weighted by molar-refractivity contribution is 5.04. The fourth-order valence-corrected chi connectivity index (χ4v) is 2.74. The van der Waals surface area contributed by atoms with Crippen molar-refractivity contribution in [2.75, 3.05) is 13.7 Å². The molecule has 1 atom stereocenters. The van der Waals surface area contributed by atoms with E-state index >= 15 is 0 Å². The predicted octanol–water partition coefficient (Wildman–Crippen LogP) is 1.51. The van der Waals surface area contributed by atoms with Gasteiger partial charge in [-0.25, -0.2) is 0 Å². The van der Waals surface area contributed by atoms with Gasteiger partial charge in [-0.2, -0.15) is 4.98 Å². The first kappa shape index (κ1) is 15.1. The van der Waals surface area contributed by atoms with E-state index in [1.807, 2.05) is 0 Å². The van der Waals surface area contributed by atoms with Gasteiger partial charge in [0.1, 0.15) is 18.3 Å². The summed E-state index contributed by atoms with van der Waals surface area (Å²) in [5.74, 6) is 3.63. The van der Waals surface area contributed by atoms with Gasteiger partial charge >= 0.3 is 0 Å². The van der Waals surface area contributed by atoms with Crippen LogP contribution in [0.25, 0.3) is 0 Å². The Morgan fingerprint density at radius 1 is 1.23 bits per heavy atom. The van der Waals surface area contributed by atoms with Crippen LogP contribution < -0.4 is 0 Å². The lowest BCUT2D eigenvalue weighted by atomic mass is 10.2. The monoisotopic (exact) mass is 306 g/mol. The molecule has 0 spiro atoms. The van der Waals surface area contributed by atoms with Gasteiger partial charge in [0.2, 0.25) is 5.89 Å². The fraction of sp³-hybridized carbons (Fsp3) is 0.714. The van der Waals surface area contributed by atoms with E-state index in [9.17, 15) is 0 Å². The molecular weight excluding hydrogens is 284 g/mol. The summed E-state index contributed by atoms with van der Waals surface area (Å²) in [5.41, 5.74) is 0. The van der Waals surface area contributed by atoms with Crippen molar-refractivity contribution in [2.24, 2.45) is 0 Å². The molecule has 0 fully saturated rings. The third-order valence-corrected chi connectivity index (χ3v) is 3.99. The van der Waals surface area contributed by atoms with Gasteiger partial charge in [-0.05, 0) is 6.92 Å². The van der Waals surface area contributed by atoms with Crippen LogP contribution in [0.15, 0.2) is 4.52 Å². The van der Waals surface area contributed by atoms with Gasteiger partial charge in [0, 0.05) is 26.1 Å². The third kappa shape index (κ3) is 2.76. The Labute approximate surface area is 129 Å². The van der Waals surface area contributed by atoms with Crippen LogP contribution in [-0.4, -0.2) is 43.5 Å². The Balaban J connectivity index is 1.73. The standard InChI is InChI=1S/C14H22N6O2/c1-9(2)13-17-16-12-7-19(5-6-20(12)13)10(3)14-15-11(8-21-4)18-22-14/h9-10H,5-8H2,1-4H3. The number of methoxy groups -OCH3 is 1. The van der Waals surface area contributed by atoms with Crippen LogP contribution in [0.5, 0.6) is 0 Å². The minimum atomic E-state index is 0.0473. The second kappa shape index (κ2) is 6.13. The molecule has 120 valence electrons. The van der Waals surface area contributed by atoms with Gasteiger partial charge in [0.25, 0.3) is 0 Å². The Morgan fingerprint density at radius 2 is 2.05 bits per heavy atom. The Kier molecular flexibility index (Phi) is 4.21. The zero-order chi connectivity index (χ0) is 15.7. The highest BCUT2D eigenvalue weighted by Gasteiger charge is 2.28. The van der Waals surface area contributed by atoms with Crippen molar-refractivity contribution in [3.8, 4) is 0 Å². The van der Waals surface area contributed by atoms with Crippen LogP contribution in [0.2, 0.25) is 0 Å². The normalized spacial score (nSPS) is 17.0. The van der Waals surface area contributed by atoms with Crippen LogP contribution in [0.3, 0.4) is 0 Å². The largest absolute Gasteiger partial charge is 0.377 e. The van der Waals surface area contributed by atoms with E-state index < -0.39 is 0 Å². The molecular formula is C14H22N6O2. The molecule has 8 heteroatoms. The van der Waals surface area contributed by atoms with Crippen LogP contribution in [0.1, 0.15) is 56.1 Å². The summed E-state index contributed by atoms with van der Waals surface area (Å²) in [6.07, 6.45) is 0. The first-order chi connectivity index (χ1) is 10.6. The van der Waals surface area contributed by atoms with Crippen LogP contribution in [0, 0.1) is 0 Å². The zero-order valence-electron chi connectivity index (χ0n) is 13.5. The number of rotatable bonds is 5. The molecule has 2 aromatic heterocycles. The summed E-state index contributed by atoms with van der Waals surface area (Å²) in [5, 5.41) is 12.6. The van der Waals surface area contributed by atoms with Gasteiger partial charge in [0.15, 0.2) is 5.82 Å². The molecule has 2 aromatic rings. The molecule has 0 N–H and O–H groups in total. The first-order valence-electron chi connectivity index (χ1n) is 7.57. The van der Waals surface area contributed by atoms with E-state index in [1.54, 1.807) is 7.11 Å². The SMILES string of the molecule is COCc1noc(C(C)N2CCn3c(nnc3C(C)C)C2)n1. The van der Waals surface area contributed by atoms with E-state index in [-0.39, 0.29) is 6.04 Å². The lowest BCUT2D eigenvalue weighted by molar-refractivity contribution is 0.134. The van der Waals surface area contributed by atoms with E-state index in [0.717, 1.165) is 31.3 Å². The maximum atomic E-state index is 5.34. The van der Waals surface area contributed by atoms with Crippen LogP contribution in [-0.2, 0) is 24.4 Å². The second-order valence-corrected chi connectivity index (χ2v) is 5.91. The molecule has 3 heterocycles. The zero-order valence-corrected chi connectivity index (χ0v) is 13.5. The Hall–Kier alpha value is -1.80. The number of hydrogen-bond acceptors (Lipinski definition) is 7. The van der Waals surface area contributed by atoms with Gasteiger partial charge in [-0.15, -0.1) is 10.2 Å². The van der Waals surface area contributed by atoms with Gasteiger partial charge in [-0.1, -0.05) is 19.0 Å². The molecule has 0 amide bonds. The lowest BCUT2D eigenvalue weighted by Crippen LogP contribution is -2.36. The number of nitrogens with zero attached hydrogens (tertiary/aromatic N) is 6. The van der Waals surface area contributed by atoms with Crippen molar-refractivity contribution < 1.29 is 9.26 Å². The molecule has 0 aromatic carbocycles. The van der Waals surface area contributed by atoms with Crippen molar-refractivity contribution in [1.82, 2.24) is 29.8 Å². The Morgan fingerprint density at radius 3 is 2.77 bits per heavy atom. The maximum absolute atomic E-state index is 5.34. The summed E-state index contributed by atoms with van der Waals surface area (Å²) in [6.45, 7) is 9.25. The molecule has 0 bridgehead atoms. The molecule has 0 saturated carbocycles. The second-order valence-electron chi connectivity index (χ2n) is 5.91. The summed E-state index contributed by atoms with van der Waals surface area (Å²) < 4.78 is 12.6. The highest BCUT2D eigenvalue weighted by atomic mass is 16.5. The summed E-state index contributed by atoms with van der Waals surface area (Å²) in [6, 6.07) is 0.0473. The van der Waals surface area contributed by atoms with Gasteiger partial charge in [0.05, 0.1) is 12.6 Å². The first-order valence-corrected chi connectivity index (χ1v) is 7.57. The van der Waals surface area contributed by atoms with Gasteiger partial charge in [-0.3, -0.25) is 4.90 Å². The van der Waals surface area contributed by atoms with Crippen molar-refractivity contribution >= 4 is 0 Å². The summed E-state index contributed by atoms with van der Waals surface area (Å²) in [7, 11) is 1.61. The van der Waals surface area contributed by atoms with Gasteiger partial charge < -0.3 is 13.8 Å². The average molecular weight is 306 g/mol. The van der Waals surface area contributed by atoms with Crippen molar-refractivity contribution in [3.05, 3.63) is 23.4 Å². The minimum absolute atomic E-state index is 0.0473. The molecule has 0 aliphatic carbocycles. The topological polar surface area (TPSA) is 82.1 Å². The van der Waals surface area contributed by atoms with Crippen LogP contribution >= 0.6 is 0 Å². The van der Waals surface area contributed by atoms with E-state index in [0.29, 0.717) is 24.2 Å². The predicted molar refractivity (Wildman–Crippen MR) is 77.9 cm³/mol. The van der Waals surface area contributed by atoms with Crippen molar-refractivity contribution in [1.29, 1.82) is 0 Å². The quantitative estimate of drug-likeness (QED) is 0.828. The van der Waals surface area contributed by atoms with E-state index in [1.165, 1.54) is 0 Å². The number of hydrogen-bond donors (Lipinski definition) is 0. The number of fused-ring (bicyclic) bond motifs is 1. The number of aromatic nitrogens is 5. The smallest absolute Gasteiger partial charge is 0.243 e. The number of ether oxygens (including phenoxy) is 1. The van der Waals surface area contributed by atoms with E-state index in [4.69, 9.17) is 9.26 Å². The molecule has 22 heavy (non-hydrogen) atoms. The maximum Gasteiger partial charge on any atom is 0.243 e. The molecule has 0 radical (unpaired) electrons.